The van der Waals surface area contributed by atoms with Gasteiger partial charge < -0.3 is 14.8 Å². The van der Waals surface area contributed by atoms with Gasteiger partial charge in [0.1, 0.15) is 18.5 Å². The van der Waals surface area contributed by atoms with E-state index in [1.807, 2.05) is 0 Å². The van der Waals surface area contributed by atoms with Crippen LogP contribution in [0.5, 0.6) is 11.5 Å². The number of hydrogen-bond donors (Lipinski definition) is 1. The SMILES string of the molecule is CC(=O)NC1(C)CCN(C[C@H]2COc3ccc(F)cc3O2)CC1.S. The monoisotopic (exact) mass is 356 g/mol. The maximum absolute atomic E-state index is 13.3. The van der Waals surface area contributed by atoms with Crippen LogP contribution in [0.25, 0.3) is 0 Å². The van der Waals surface area contributed by atoms with Crippen molar-refractivity contribution in [1.82, 2.24) is 10.2 Å². The maximum Gasteiger partial charge on any atom is 0.217 e. The van der Waals surface area contributed by atoms with E-state index in [-0.39, 0.29) is 36.9 Å². The number of fused-ring (bicyclic) bond motifs is 1. The Labute approximate surface area is 148 Å². The molecule has 1 atom stereocenters. The fourth-order valence-corrected chi connectivity index (χ4v) is 3.25. The molecule has 0 aromatic heterocycles. The third-order valence-electron chi connectivity index (χ3n) is 4.52. The van der Waals surface area contributed by atoms with E-state index in [9.17, 15) is 9.18 Å². The molecule has 7 heteroatoms. The Kier molecular flexibility index (Phi) is 5.98. The summed E-state index contributed by atoms with van der Waals surface area (Å²) in [4.78, 5) is 13.6. The molecule has 0 radical (unpaired) electrons. The van der Waals surface area contributed by atoms with Crippen LogP contribution < -0.4 is 14.8 Å². The number of rotatable bonds is 3. The second-order valence-corrected chi connectivity index (χ2v) is 6.68. The molecule has 0 aliphatic carbocycles. The summed E-state index contributed by atoms with van der Waals surface area (Å²) in [6, 6.07) is 4.34. The first-order chi connectivity index (χ1) is 10.9. The van der Waals surface area contributed by atoms with E-state index < -0.39 is 0 Å². The van der Waals surface area contributed by atoms with Crippen molar-refractivity contribution in [2.45, 2.75) is 38.3 Å². The van der Waals surface area contributed by atoms with E-state index in [4.69, 9.17) is 9.47 Å². The average Bonchev–Trinajstić information content (AvgIpc) is 2.48. The molecule has 2 aliphatic heterocycles. The Morgan fingerprint density at radius 1 is 1.38 bits per heavy atom. The van der Waals surface area contributed by atoms with Crippen molar-refractivity contribution in [2.75, 3.05) is 26.2 Å². The number of piperidine rings is 1. The van der Waals surface area contributed by atoms with Gasteiger partial charge in [-0.05, 0) is 31.9 Å². The molecule has 2 aliphatic rings. The molecule has 2 heterocycles. The number of halogens is 1. The zero-order chi connectivity index (χ0) is 16.4. The molecule has 1 saturated heterocycles. The highest BCUT2D eigenvalue weighted by molar-refractivity contribution is 7.59. The quantitative estimate of drug-likeness (QED) is 0.901. The molecule has 3 rings (SSSR count). The van der Waals surface area contributed by atoms with Crippen molar-refractivity contribution >= 4 is 19.4 Å². The van der Waals surface area contributed by atoms with Crippen LogP contribution >= 0.6 is 13.5 Å². The number of hydrogen-bond acceptors (Lipinski definition) is 4. The number of likely N-dealkylation sites (tertiary alicyclic amines) is 1. The van der Waals surface area contributed by atoms with Crippen LogP contribution in [0.2, 0.25) is 0 Å². The van der Waals surface area contributed by atoms with Crippen LogP contribution in [-0.4, -0.2) is 48.7 Å². The van der Waals surface area contributed by atoms with Gasteiger partial charge in [0.2, 0.25) is 5.91 Å². The van der Waals surface area contributed by atoms with Gasteiger partial charge in [-0.2, -0.15) is 13.5 Å². The molecule has 0 unspecified atom stereocenters. The first kappa shape index (κ1) is 18.9. The zero-order valence-electron chi connectivity index (χ0n) is 14.1. The minimum atomic E-state index is -0.322. The minimum Gasteiger partial charge on any atom is -0.486 e. The molecule has 1 aromatic carbocycles. The smallest absolute Gasteiger partial charge is 0.217 e. The summed E-state index contributed by atoms with van der Waals surface area (Å²) in [5.41, 5.74) is -0.123. The lowest BCUT2D eigenvalue weighted by Gasteiger charge is -2.41. The number of carbonyl (C=O) groups is 1. The van der Waals surface area contributed by atoms with Crippen molar-refractivity contribution in [3.63, 3.8) is 0 Å². The van der Waals surface area contributed by atoms with Gasteiger partial charge in [-0.15, -0.1) is 0 Å². The second-order valence-electron chi connectivity index (χ2n) is 6.68. The molecule has 1 fully saturated rings. The number of nitrogens with one attached hydrogen (secondary N) is 1. The standard InChI is InChI=1S/C17H23FN2O3.H2S/c1-12(21)19-17(2)5-7-20(8-6-17)10-14-11-22-15-4-3-13(18)9-16(15)23-14;/h3-4,9,14H,5-8,10-11H2,1-2H3,(H,19,21);1H2/t14-;/m0./s1. The number of carbonyl (C=O) groups excluding carboxylic acids is 1. The van der Waals surface area contributed by atoms with E-state index in [0.717, 1.165) is 32.5 Å². The normalized spacial score (nSPS) is 22.4. The zero-order valence-corrected chi connectivity index (χ0v) is 15.1. The molecule has 1 N–H and O–H groups in total. The summed E-state index contributed by atoms with van der Waals surface area (Å²) in [7, 11) is 0. The lowest BCUT2D eigenvalue weighted by atomic mass is 9.89. The highest BCUT2D eigenvalue weighted by atomic mass is 32.1. The Morgan fingerprint density at radius 3 is 2.75 bits per heavy atom. The van der Waals surface area contributed by atoms with Crippen molar-refractivity contribution in [3.05, 3.63) is 24.0 Å². The van der Waals surface area contributed by atoms with Gasteiger partial charge in [0, 0.05) is 38.2 Å². The van der Waals surface area contributed by atoms with Crippen LogP contribution in [0.1, 0.15) is 26.7 Å². The first-order valence-electron chi connectivity index (χ1n) is 8.04. The molecule has 134 valence electrons. The van der Waals surface area contributed by atoms with E-state index in [1.165, 1.54) is 12.1 Å². The molecule has 0 saturated carbocycles. The molecule has 0 bridgehead atoms. The van der Waals surface area contributed by atoms with Gasteiger partial charge in [0.25, 0.3) is 0 Å². The topological polar surface area (TPSA) is 50.8 Å². The largest absolute Gasteiger partial charge is 0.486 e. The summed E-state index contributed by atoms with van der Waals surface area (Å²) in [6.07, 6.45) is 1.71. The molecule has 1 amide bonds. The Bertz CT molecular complexity index is 591. The van der Waals surface area contributed by atoms with Crippen molar-refractivity contribution in [1.29, 1.82) is 0 Å². The van der Waals surface area contributed by atoms with Crippen LogP contribution in [0.4, 0.5) is 4.39 Å². The molecular weight excluding hydrogens is 331 g/mol. The minimum absolute atomic E-state index is 0. The predicted octanol–water partition coefficient (Wildman–Crippen LogP) is 2.07. The third-order valence-corrected chi connectivity index (χ3v) is 4.52. The predicted molar refractivity (Wildman–Crippen MR) is 94.6 cm³/mol. The maximum atomic E-state index is 13.3. The van der Waals surface area contributed by atoms with Crippen molar-refractivity contribution in [2.24, 2.45) is 0 Å². The molecule has 24 heavy (non-hydrogen) atoms. The van der Waals surface area contributed by atoms with Gasteiger partial charge in [-0.3, -0.25) is 9.69 Å². The van der Waals surface area contributed by atoms with Gasteiger partial charge in [-0.25, -0.2) is 4.39 Å². The first-order valence-corrected chi connectivity index (χ1v) is 8.04. The summed E-state index contributed by atoms with van der Waals surface area (Å²) < 4.78 is 24.8. The van der Waals surface area contributed by atoms with Gasteiger partial charge in [-0.1, -0.05) is 0 Å². The van der Waals surface area contributed by atoms with Gasteiger partial charge in [0.05, 0.1) is 0 Å². The summed E-state index contributed by atoms with van der Waals surface area (Å²) >= 11 is 0. The average molecular weight is 356 g/mol. The summed E-state index contributed by atoms with van der Waals surface area (Å²) in [6.45, 7) is 6.65. The lowest BCUT2D eigenvalue weighted by molar-refractivity contribution is -0.121. The molecular formula is C17H25FN2O3S. The van der Waals surface area contributed by atoms with Crippen LogP contribution in [0, 0.1) is 5.82 Å². The Balaban J connectivity index is 0.00000208. The summed E-state index contributed by atoms with van der Waals surface area (Å²) in [5.74, 6) is 0.765. The number of benzene rings is 1. The van der Waals surface area contributed by atoms with Crippen molar-refractivity contribution < 1.29 is 18.7 Å². The number of ether oxygens (including phenoxy) is 2. The van der Waals surface area contributed by atoms with E-state index >= 15 is 0 Å². The Morgan fingerprint density at radius 2 is 2.08 bits per heavy atom. The van der Waals surface area contributed by atoms with Crippen LogP contribution in [0.15, 0.2) is 18.2 Å². The van der Waals surface area contributed by atoms with Crippen LogP contribution in [0.3, 0.4) is 0 Å². The molecule has 1 aromatic rings. The third kappa shape index (κ3) is 4.54. The van der Waals surface area contributed by atoms with Gasteiger partial charge >= 0.3 is 0 Å². The molecule has 5 nitrogen and oxygen atoms in total. The van der Waals surface area contributed by atoms with E-state index in [0.29, 0.717) is 18.1 Å². The van der Waals surface area contributed by atoms with Gasteiger partial charge in [0.15, 0.2) is 11.5 Å². The van der Waals surface area contributed by atoms with E-state index in [1.54, 1.807) is 13.0 Å². The van der Waals surface area contributed by atoms with Crippen LogP contribution in [-0.2, 0) is 4.79 Å². The highest BCUT2D eigenvalue weighted by Crippen LogP contribution is 2.32. The second kappa shape index (κ2) is 7.61. The Hall–Kier alpha value is -1.47. The number of amides is 1. The fraction of sp³-hybridized carbons (Fsp3) is 0.588. The lowest BCUT2D eigenvalue weighted by Crippen LogP contribution is -2.54. The highest BCUT2D eigenvalue weighted by Gasteiger charge is 2.32. The van der Waals surface area contributed by atoms with E-state index in [2.05, 4.69) is 17.1 Å². The number of nitrogens with zero attached hydrogens (tertiary/aromatic N) is 1. The fourth-order valence-electron chi connectivity index (χ4n) is 3.25. The van der Waals surface area contributed by atoms with Crippen molar-refractivity contribution in [3.8, 4) is 11.5 Å². The summed E-state index contributed by atoms with van der Waals surface area (Å²) in [5, 5.41) is 3.04. The molecule has 0 spiro atoms.